The van der Waals surface area contributed by atoms with E-state index in [1.807, 2.05) is 59.5 Å². The molecule has 0 radical (unpaired) electrons. The maximum atomic E-state index is 13.5. The van der Waals surface area contributed by atoms with Crippen molar-refractivity contribution in [3.05, 3.63) is 65.7 Å². The van der Waals surface area contributed by atoms with Gasteiger partial charge in [-0.05, 0) is 41.4 Å². The van der Waals surface area contributed by atoms with Crippen molar-refractivity contribution >= 4 is 20.0 Å². The first-order chi connectivity index (χ1) is 15.9. The van der Waals surface area contributed by atoms with Crippen LogP contribution in [0.25, 0.3) is 0 Å². The number of ether oxygens (including phenoxy) is 1. The number of halogens is 2. The number of carbonyl (C=O) groups is 1. The second-order valence-corrected chi connectivity index (χ2v) is 15.4. The van der Waals surface area contributed by atoms with Crippen LogP contribution in [0.1, 0.15) is 44.7 Å². The Labute approximate surface area is 203 Å². The van der Waals surface area contributed by atoms with E-state index < -0.39 is 20.3 Å². The van der Waals surface area contributed by atoms with Gasteiger partial charge in [0, 0.05) is 38.0 Å². The fourth-order valence-corrected chi connectivity index (χ4v) is 4.92. The Morgan fingerprint density at radius 1 is 1.00 bits per heavy atom. The molecule has 7 heteroatoms. The van der Waals surface area contributed by atoms with Crippen LogP contribution in [0, 0.1) is 0 Å². The van der Waals surface area contributed by atoms with E-state index in [9.17, 15) is 13.6 Å². The molecule has 1 aliphatic heterocycles. The SMILES string of the molecule is CC(C)(C)[Si](C)(C)O[C@H](Cc1ccc(N2CCC(F)(F)CC2)cc1)C(=O)OCc1ccccc1. The summed E-state index contributed by atoms with van der Waals surface area (Å²) in [5.74, 6) is -2.93. The van der Waals surface area contributed by atoms with Gasteiger partial charge >= 0.3 is 5.97 Å². The molecular formula is C27H37F2NO3Si. The summed E-state index contributed by atoms with van der Waals surface area (Å²) in [6.45, 7) is 11.6. The third-order valence-corrected chi connectivity index (χ3v) is 11.4. The van der Waals surface area contributed by atoms with Crippen LogP contribution in [0.2, 0.25) is 18.1 Å². The highest BCUT2D eigenvalue weighted by molar-refractivity contribution is 6.74. The van der Waals surface area contributed by atoms with Gasteiger partial charge in [0.2, 0.25) is 0 Å². The topological polar surface area (TPSA) is 38.8 Å². The van der Waals surface area contributed by atoms with Crippen LogP contribution in [0.15, 0.2) is 54.6 Å². The number of rotatable bonds is 8. The van der Waals surface area contributed by atoms with Gasteiger partial charge < -0.3 is 14.1 Å². The van der Waals surface area contributed by atoms with Crippen LogP contribution in [-0.4, -0.2) is 39.4 Å². The van der Waals surface area contributed by atoms with Crippen molar-refractivity contribution < 1.29 is 22.7 Å². The quantitative estimate of drug-likeness (QED) is 0.309. The summed E-state index contributed by atoms with van der Waals surface area (Å²) in [7, 11) is -2.22. The molecule has 4 nitrogen and oxygen atoms in total. The van der Waals surface area contributed by atoms with Gasteiger partial charge in [0.25, 0.3) is 5.92 Å². The first kappa shape index (κ1) is 26.4. The van der Waals surface area contributed by atoms with Crippen molar-refractivity contribution in [1.82, 2.24) is 0 Å². The Morgan fingerprint density at radius 3 is 2.15 bits per heavy atom. The minimum Gasteiger partial charge on any atom is -0.459 e. The molecule has 0 spiro atoms. The Balaban J connectivity index is 1.70. The highest BCUT2D eigenvalue weighted by Crippen LogP contribution is 2.38. The largest absolute Gasteiger partial charge is 0.459 e. The molecule has 0 bridgehead atoms. The molecule has 1 atom stereocenters. The lowest BCUT2D eigenvalue weighted by Crippen LogP contribution is -2.47. The molecule has 0 aliphatic carbocycles. The minimum absolute atomic E-state index is 0.0505. The van der Waals surface area contributed by atoms with Crippen molar-refractivity contribution in [2.45, 2.75) is 76.8 Å². The molecule has 0 saturated carbocycles. The molecule has 1 heterocycles. The monoisotopic (exact) mass is 489 g/mol. The number of carbonyl (C=O) groups excluding carboxylic acids is 1. The van der Waals surface area contributed by atoms with E-state index in [0.717, 1.165) is 16.8 Å². The maximum Gasteiger partial charge on any atom is 0.334 e. The average molecular weight is 490 g/mol. The normalized spacial score (nSPS) is 17.3. The van der Waals surface area contributed by atoms with E-state index in [2.05, 4.69) is 33.9 Å². The Bertz CT molecular complexity index is 933. The van der Waals surface area contributed by atoms with Gasteiger partial charge in [-0.2, -0.15) is 0 Å². The van der Waals surface area contributed by atoms with E-state index in [1.54, 1.807) is 0 Å². The van der Waals surface area contributed by atoms with E-state index in [-0.39, 0.29) is 30.5 Å². The van der Waals surface area contributed by atoms with Crippen molar-refractivity contribution in [3.8, 4) is 0 Å². The number of esters is 1. The average Bonchev–Trinajstić information content (AvgIpc) is 2.77. The zero-order valence-corrected chi connectivity index (χ0v) is 21.9. The van der Waals surface area contributed by atoms with Crippen LogP contribution >= 0.6 is 0 Å². The summed E-state index contributed by atoms with van der Waals surface area (Å²) in [4.78, 5) is 15.1. The zero-order valence-electron chi connectivity index (χ0n) is 20.9. The Hall–Kier alpha value is -2.25. The predicted octanol–water partition coefficient (Wildman–Crippen LogP) is 6.60. The molecule has 1 fully saturated rings. The number of nitrogens with zero attached hydrogens (tertiary/aromatic N) is 1. The van der Waals surface area contributed by atoms with E-state index in [1.165, 1.54) is 0 Å². The molecule has 0 N–H and O–H groups in total. The van der Waals surface area contributed by atoms with Crippen LogP contribution in [0.3, 0.4) is 0 Å². The van der Waals surface area contributed by atoms with Gasteiger partial charge in [-0.25, -0.2) is 13.6 Å². The van der Waals surface area contributed by atoms with Crippen LogP contribution < -0.4 is 4.90 Å². The Morgan fingerprint density at radius 2 is 1.59 bits per heavy atom. The van der Waals surface area contributed by atoms with E-state index >= 15 is 0 Å². The molecule has 1 saturated heterocycles. The lowest BCUT2D eigenvalue weighted by atomic mass is 10.0. The summed E-state index contributed by atoms with van der Waals surface area (Å²) in [6.07, 6.45) is -0.544. The second kappa shape index (κ2) is 10.6. The van der Waals surface area contributed by atoms with Crippen LogP contribution in [0.5, 0.6) is 0 Å². The standard InChI is InChI=1S/C27H37F2NO3Si/c1-26(2,3)34(4,5)33-24(25(31)32-20-22-9-7-6-8-10-22)19-21-11-13-23(14-12-21)30-17-15-27(28,29)16-18-30/h6-14,24H,15-20H2,1-5H3/t24-/m1/s1. The molecule has 3 rings (SSSR count). The molecule has 2 aromatic rings. The van der Waals surface area contributed by atoms with Gasteiger partial charge in [0.05, 0.1) is 0 Å². The van der Waals surface area contributed by atoms with Crippen molar-refractivity contribution in [2.75, 3.05) is 18.0 Å². The molecule has 186 valence electrons. The summed E-state index contributed by atoms with van der Waals surface area (Å²) in [6, 6.07) is 17.4. The predicted molar refractivity (Wildman–Crippen MR) is 135 cm³/mol. The van der Waals surface area contributed by atoms with Gasteiger partial charge in [-0.1, -0.05) is 63.2 Å². The summed E-state index contributed by atoms with van der Waals surface area (Å²) < 4.78 is 39.1. The molecule has 1 aliphatic rings. The fourth-order valence-electron chi connectivity index (χ4n) is 3.68. The van der Waals surface area contributed by atoms with Crippen molar-refractivity contribution in [2.24, 2.45) is 0 Å². The number of piperidine rings is 1. The second-order valence-electron chi connectivity index (χ2n) is 10.7. The van der Waals surface area contributed by atoms with Gasteiger partial charge in [-0.15, -0.1) is 0 Å². The first-order valence-corrected chi connectivity index (χ1v) is 14.9. The van der Waals surface area contributed by atoms with Crippen molar-refractivity contribution in [1.29, 1.82) is 0 Å². The lowest BCUT2D eigenvalue weighted by Gasteiger charge is -2.38. The van der Waals surface area contributed by atoms with Crippen LogP contribution in [0.4, 0.5) is 14.5 Å². The smallest absolute Gasteiger partial charge is 0.334 e. The van der Waals surface area contributed by atoms with E-state index in [4.69, 9.17) is 9.16 Å². The summed E-state index contributed by atoms with van der Waals surface area (Å²) in [5.41, 5.74) is 2.80. The molecule has 0 aromatic heterocycles. The number of alkyl halides is 2. The molecule has 0 amide bonds. The highest BCUT2D eigenvalue weighted by atomic mass is 28.4. The zero-order chi connectivity index (χ0) is 25.0. The number of anilines is 1. The van der Waals surface area contributed by atoms with Crippen molar-refractivity contribution in [3.63, 3.8) is 0 Å². The fraction of sp³-hybridized carbons (Fsp3) is 0.519. The summed E-state index contributed by atoms with van der Waals surface area (Å²) in [5, 5.41) is -0.0505. The number of hydrogen-bond acceptors (Lipinski definition) is 4. The number of benzene rings is 2. The lowest BCUT2D eigenvalue weighted by molar-refractivity contribution is -0.153. The van der Waals surface area contributed by atoms with E-state index in [0.29, 0.717) is 19.5 Å². The number of hydrogen-bond donors (Lipinski definition) is 0. The highest BCUT2D eigenvalue weighted by Gasteiger charge is 2.41. The minimum atomic E-state index is -2.56. The third-order valence-electron chi connectivity index (χ3n) is 6.95. The Kier molecular flexibility index (Phi) is 8.19. The third kappa shape index (κ3) is 7.12. The molecule has 0 unspecified atom stereocenters. The van der Waals surface area contributed by atoms with Gasteiger partial charge in [0.15, 0.2) is 8.32 Å². The van der Waals surface area contributed by atoms with Gasteiger partial charge in [0.1, 0.15) is 12.7 Å². The summed E-state index contributed by atoms with van der Waals surface area (Å²) >= 11 is 0. The molecule has 34 heavy (non-hydrogen) atoms. The van der Waals surface area contributed by atoms with Crippen LogP contribution in [-0.2, 0) is 27.0 Å². The molecular weight excluding hydrogens is 452 g/mol. The first-order valence-electron chi connectivity index (χ1n) is 12.0. The van der Waals surface area contributed by atoms with Gasteiger partial charge in [-0.3, -0.25) is 0 Å². The molecule has 2 aromatic carbocycles. The maximum absolute atomic E-state index is 13.5.